The number of likely N-dealkylation sites (tertiary alicyclic amines) is 1. The molecule has 1 aromatic rings. The Morgan fingerprint density at radius 2 is 1.77 bits per heavy atom. The molecule has 3 aliphatic rings. The van der Waals surface area contributed by atoms with Crippen LogP contribution in [0.2, 0.25) is 0 Å². The minimum absolute atomic E-state index is 0.106. The second-order valence-electron chi connectivity index (χ2n) is 8.32. The summed E-state index contributed by atoms with van der Waals surface area (Å²) in [6.07, 6.45) is 3.50. The maximum atomic E-state index is 12.6. The van der Waals surface area contributed by atoms with Gasteiger partial charge in [-0.3, -0.25) is 14.4 Å². The number of hydrogen-bond acceptors (Lipinski definition) is 6. The monoisotopic (exact) mass is 416 g/mol. The number of benzene rings is 1. The lowest BCUT2D eigenvalue weighted by atomic mass is 9.92. The lowest BCUT2D eigenvalue weighted by Crippen LogP contribution is -2.40. The number of nitrogens with one attached hydrogen (secondary N) is 1. The van der Waals surface area contributed by atoms with Crippen molar-refractivity contribution < 1.29 is 28.6 Å². The first-order chi connectivity index (χ1) is 14.5. The summed E-state index contributed by atoms with van der Waals surface area (Å²) >= 11 is 0. The topological polar surface area (TPSA) is 94.2 Å². The van der Waals surface area contributed by atoms with Crippen LogP contribution in [-0.4, -0.2) is 55.6 Å². The smallest absolute Gasteiger partial charge is 0.231 e. The first kappa shape index (κ1) is 20.7. The Hall–Kier alpha value is -2.61. The molecule has 162 valence electrons. The molecule has 8 heteroatoms. The Labute approximate surface area is 175 Å². The Morgan fingerprint density at radius 3 is 2.43 bits per heavy atom. The number of hydrogen-bond donors (Lipinski definition) is 1. The van der Waals surface area contributed by atoms with Gasteiger partial charge in [0.15, 0.2) is 17.3 Å². The van der Waals surface area contributed by atoms with E-state index in [1.54, 1.807) is 12.1 Å². The van der Waals surface area contributed by atoms with Crippen molar-refractivity contribution in [2.75, 3.05) is 38.4 Å². The molecule has 2 amide bonds. The normalized spacial score (nSPS) is 21.0. The quantitative estimate of drug-likeness (QED) is 0.717. The second-order valence-corrected chi connectivity index (χ2v) is 8.32. The number of rotatable bonds is 6. The summed E-state index contributed by atoms with van der Waals surface area (Å²) in [4.78, 5) is 39.0. The molecule has 0 aliphatic carbocycles. The van der Waals surface area contributed by atoms with Gasteiger partial charge in [-0.05, 0) is 44.1 Å². The van der Waals surface area contributed by atoms with Crippen molar-refractivity contribution in [2.45, 2.75) is 39.0 Å². The van der Waals surface area contributed by atoms with E-state index in [2.05, 4.69) is 5.32 Å². The number of carbonyl (C=O) groups excluding carboxylic acids is 3. The largest absolute Gasteiger partial charge is 0.454 e. The molecule has 3 aliphatic heterocycles. The molecular formula is C22H28N2O6. The summed E-state index contributed by atoms with van der Waals surface area (Å²) in [7, 11) is 0. The Kier molecular flexibility index (Phi) is 6.22. The summed E-state index contributed by atoms with van der Waals surface area (Å²) in [6, 6.07) is 3.25. The van der Waals surface area contributed by atoms with Gasteiger partial charge in [0.1, 0.15) is 0 Å². The van der Waals surface area contributed by atoms with Gasteiger partial charge in [-0.25, -0.2) is 0 Å². The highest BCUT2D eigenvalue weighted by Crippen LogP contribution is 2.37. The van der Waals surface area contributed by atoms with E-state index in [1.807, 2.05) is 4.90 Å². The van der Waals surface area contributed by atoms with Crippen molar-refractivity contribution in [3.63, 3.8) is 0 Å². The predicted molar refractivity (Wildman–Crippen MR) is 109 cm³/mol. The fraction of sp³-hybridized carbons (Fsp3) is 0.591. The van der Waals surface area contributed by atoms with Crippen LogP contribution in [0.5, 0.6) is 11.5 Å². The molecule has 8 nitrogen and oxygen atoms in total. The summed E-state index contributed by atoms with van der Waals surface area (Å²) in [5, 5.41) is 2.86. The number of fused-ring (bicyclic) bond motifs is 1. The molecule has 3 heterocycles. The third-order valence-corrected chi connectivity index (χ3v) is 6.09. The molecule has 1 unspecified atom stereocenters. The highest BCUT2D eigenvalue weighted by molar-refractivity contribution is 6.04. The van der Waals surface area contributed by atoms with Crippen LogP contribution in [-0.2, 0) is 14.3 Å². The number of carbonyl (C=O) groups is 3. The molecule has 0 aromatic heterocycles. The molecule has 0 saturated carbocycles. The standard InChI is InChI=1S/C22H28N2O6/c1-14(25)17-10-19-20(30-13-29-19)11-18(17)23-21(26)8-15-2-5-24(6-3-15)22(27)9-16-4-7-28-12-16/h10-11,15-16H,2-9,12-13H2,1H3,(H,23,26). The molecular weight excluding hydrogens is 388 g/mol. The zero-order valence-electron chi connectivity index (χ0n) is 17.3. The zero-order valence-corrected chi connectivity index (χ0v) is 17.3. The van der Waals surface area contributed by atoms with Crippen LogP contribution in [0.25, 0.3) is 0 Å². The van der Waals surface area contributed by atoms with E-state index in [-0.39, 0.29) is 30.3 Å². The second kappa shape index (κ2) is 9.04. The highest BCUT2D eigenvalue weighted by Gasteiger charge is 2.28. The number of nitrogens with zero attached hydrogens (tertiary/aromatic N) is 1. The van der Waals surface area contributed by atoms with Crippen LogP contribution in [0, 0.1) is 11.8 Å². The lowest BCUT2D eigenvalue weighted by Gasteiger charge is -2.32. The summed E-state index contributed by atoms with van der Waals surface area (Å²) in [5.74, 6) is 1.51. The van der Waals surface area contributed by atoms with Gasteiger partial charge in [0, 0.05) is 50.8 Å². The van der Waals surface area contributed by atoms with Gasteiger partial charge in [0.2, 0.25) is 18.6 Å². The van der Waals surface area contributed by atoms with Crippen molar-refractivity contribution >= 4 is 23.3 Å². The number of amides is 2. The maximum Gasteiger partial charge on any atom is 0.231 e. The molecule has 0 bridgehead atoms. The van der Waals surface area contributed by atoms with E-state index in [0.29, 0.717) is 61.2 Å². The number of Topliss-reactive ketones (excluding diaryl/α,β-unsaturated/α-hetero) is 1. The van der Waals surface area contributed by atoms with Crippen LogP contribution >= 0.6 is 0 Å². The fourth-order valence-corrected chi connectivity index (χ4v) is 4.31. The number of ether oxygens (including phenoxy) is 3. The molecule has 0 radical (unpaired) electrons. The van der Waals surface area contributed by atoms with E-state index in [1.165, 1.54) is 6.92 Å². The van der Waals surface area contributed by atoms with Gasteiger partial charge in [0.25, 0.3) is 0 Å². The molecule has 2 saturated heterocycles. The third-order valence-electron chi connectivity index (χ3n) is 6.09. The molecule has 30 heavy (non-hydrogen) atoms. The summed E-state index contributed by atoms with van der Waals surface area (Å²) in [5.41, 5.74) is 0.854. The Morgan fingerprint density at radius 1 is 1.03 bits per heavy atom. The zero-order chi connectivity index (χ0) is 21.1. The highest BCUT2D eigenvalue weighted by atomic mass is 16.7. The van der Waals surface area contributed by atoms with Gasteiger partial charge in [-0.2, -0.15) is 0 Å². The summed E-state index contributed by atoms with van der Waals surface area (Å²) in [6.45, 7) is 4.38. The van der Waals surface area contributed by atoms with Crippen LogP contribution in [0.15, 0.2) is 12.1 Å². The molecule has 2 fully saturated rings. The number of piperidine rings is 1. The molecule has 0 spiro atoms. The van der Waals surface area contributed by atoms with Gasteiger partial charge < -0.3 is 24.4 Å². The number of anilines is 1. The number of ketones is 1. The van der Waals surface area contributed by atoms with E-state index in [9.17, 15) is 14.4 Å². The Balaban J connectivity index is 1.28. The molecule has 1 aromatic carbocycles. The first-order valence-corrected chi connectivity index (χ1v) is 10.6. The molecule has 1 N–H and O–H groups in total. The third kappa shape index (κ3) is 4.75. The van der Waals surface area contributed by atoms with E-state index in [0.717, 1.165) is 25.9 Å². The van der Waals surface area contributed by atoms with Crippen molar-refractivity contribution in [3.05, 3.63) is 17.7 Å². The van der Waals surface area contributed by atoms with Gasteiger partial charge >= 0.3 is 0 Å². The van der Waals surface area contributed by atoms with E-state index in [4.69, 9.17) is 14.2 Å². The Bertz CT molecular complexity index is 825. The van der Waals surface area contributed by atoms with Crippen LogP contribution in [0.4, 0.5) is 5.69 Å². The predicted octanol–water partition coefficient (Wildman–Crippen LogP) is 2.61. The minimum Gasteiger partial charge on any atom is -0.454 e. The SMILES string of the molecule is CC(=O)c1cc2c(cc1NC(=O)CC1CCN(C(=O)CC3CCOC3)CC1)OCO2. The van der Waals surface area contributed by atoms with Crippen molar-refractivity contribution in [2.24, 2.45) is 11.8 Å². The van der Waals surface area contributed by atoms with Crippen molar-refractivity contribution in [3.8, 4) is 11.5 Å². The van der Waals surface area contributed by atoms with Gasteiger partial charge in [-0.1, -0.05) is 0 Å². The maximum absolute atomic E-state index is 12.6. The average Bonchev–Trinajstić information content (AvgIpc) is 3.39. The fourth-order valence-electron chi connectivity index (χ4n) is 4.31. The van der Waals surface area contributed by atoms with Gasteiger partial charge in [-0.15, -0.1) is 0 Å². The van der Waals surface area contributed by atoms with Crippen molar-refractivity contribution in [1.29, 1.82) is 0 Å². The summed E-state index contributed by atoms with van der Waals surface area (Å²) < 4.78 is 16.0. The van der Waals surface area contributed by atoms with Crippen LogP contribution in [0.3, 0.4) is 0 Å². The van der Waals surface area contributed by atoms with Gasteiger partial charge in [0.05, 0.1) is 5.69 Å². The molecule has 4 rings (SSSR count). The minimum atomic E-state index is -0.150. The van der Waals surface area contributed by atoms with E-state index >= 15 is 0 Å². The van der Waals surface area contributed by atoms with E-state index < -0.39 is 0 Å². The van der Waals surface area contributed by atoms with Crippen LogP contribution < -0.4 is 14.8 Å². The van der Waals surface area contributed by atoms with Crippen LogP contribution in [0.1, 0.15) is 49.4 Å². The lowest BCUT2D eigenvalue weighted by molar-refractivity contribution is -0.133. The molecule has 1 atom stereocenters. The first-order valence-electron chi connectivity index (χ1n) is 10.6. The van der Waals surface area contributed by atoms with Crippen molar-refractivity contribution in [1.82, 2.24) is 4.90 Å². The average molecular weight is 416 g/mol.